The van der Waals surface area contributed by atoms with E-state index in [4.69, 9.17) is 9.84 Å². The highest BCUT2D eigenvalue weighted by atomic mass is 16.5. The van der Waals surface area contributed by atoms with Crippen molar-refractivity contribution in [3.05, 3.63) is 30.3 Å². The normalized spacial score (nSPS) is 16.3. The van der Waals surface area contributed by atoms with Gasteiger partial charge in [-0.25, -0.2) is 0 Å². The minimum absolute atomic E-state index is 0.238. The van der Waals surface area contributed by atoms with Crippen molar-refractivity contribution in [1.82, 2.24) is 4.90 Å². The maximum absolute atomic E-state index is 9.13. The van der Waals surface area contributed by atoms with Crippen molar-refractivity contribution in [2.45, 2.75) is 31.7 Å². The van der Waals surface area contributed by atoms with E-state index in [-0.39, 0.29) is 6.61 Å². The summed E-state index contributed by atoms with van der Waals surface area (Å²) in [6.07, 6.45) is 5.19. The first kappa shape index (κ1) is 13.4. The van der Waals surface area contributed by atoms with Crippen LogP contribution in [0.25, 0.3) is 0 Å². The van der Waals surface area contributed by atoms with Crippen LogP contribution in [0.3, 0.4) is 0 Å². The molecule has 1 saturated carbocycles. The lowest BCUT2D eigenvalue weighted by atomic mass is 10.2. The van der Waals surface area contributed by atoms with E-state index >= 15 is 0 Å². The quantitative estimate of drug-likeness (QED) is 0.805. The zero-order chi connectivity index (χ0) is 12.6. The largest absolute Gasteiger partial charge is 0.492 e. The average Bonchev–Trinajstić information content (AvgIpc) is 2.93. The summed E-state index contributed by atoms with van der Waals surface area (Å²) >= 11 is 0. The van der Waals surface area contributed by atoms with Crippen molar-refractivity contribution in [3.63, 3.8) is 0 Å². The van der Waals surface area contributed by atoms with E-state index in [1.165, 1.54) is 25.7 Å². The van der Waals surface area contributed by atoms with Gasteiger partial charge in [0.2, 0.25) is 0 Å². The Morgan fingerprint density at radius 1 is 1.11 bits per heavy atom. The Kier molecular flexibility index (Phi) is 5.49. The van der Waals surface area contributed by atoms with Crippen LogP contribution in [0, 0.1) is 0 Å². The Hall–Kier alpha value is -1.06. The van der Waals surface area contributed by atoms with Gasteiger partial charge in [-0.3, -0.25) is 4.90 Å². The molecule has 100 valence electrons. The molecule has 1 N–H and O–H groups in total. The molecular formula is C15H23NO2. The number of nitrogens with zero attached hydrogens (tertiary/aromatic N) is 1. The third kappa shape index (κ3) is 4.00. The fourth-order valence-electron chi connectivity index (χ4n) is 2.67. The van der Waals surface area contributed by atoms with Gasteiger partial charge < -0.3 is 9.84 Å². The molecule has 1 aromatic rings. The first-order chi connectivity index (χ1) is 8.90. The van der Waals surface area contributed by atoms with E-state index in [9.17, 15) is 0 Å². The van der Waals surface area contributed by atoms with Crippen molar-refractivity contribution in [1.29, 1.82) is 0 Å². The lowest BCUT2D eigenvalue weighted by molar-refractivity contribution is 0.129. The highest BCUT2D eigenvalue weighted by Gasteiger charge is 2.21. The molecule has 0 aliphatic heterocycles. The molecule has 1 aliphatic carbocycles. The molecule has 0 bridgehead atoms. The highest BCUT2D eigenvalue weighted by Crippen LogP contribution is 2.23. The van der Waals surface area contributed by atoms with Gasteiger partial charge >= 0.3 is 0 Å². The van der Waals surface area contributed by atoms with Gasteiger partial charge in [0.1, 0.15) is 12.4 Å². The van der Waals surface area contributed by atoms with Crippen molar-refractivity contribution >= 4 is 0 Å². The topological polar surface area (TPSA) is 32.7 Å². The predicted molar refractivity (Wildman–Crippen MR) is 72.9 cm³/mol. The zero-order valence-corrected chi connectivity index (χ0v) is 10.9. The number of hydrogen-bond donors (Lipinski definition) is 1. The van der Waals surface area contributed by atoms with Gasteiger partial charge in [0, 0.05) is 19.1 Å². The first-order valence-corrected chi connectivity index (χ1v) is 6.93. The SMILES string of the molecule is OCCN(CCOc1ccccc1)C1CCCC1. The molecule has 3 nitrogen and oxygen atoms in total. The summed E-state index contributed by atoms with van der Waals surface area (Å²) in [5, 5.41) is 9.13. The number of para-hydroxylation sites is 1. The van der Waals surface area contributed by atoms with Crippen molar-refractivity contribution in [2.24, 2.45) is 0 Å². The maximum atomic E-state index is 9.13. The average molecular weight is 249 g/mol. The van der Waals surface area contributed by atoms with Gasteiger partial charge in [-0.05, 0) is 25.0 Å². The molecule has 0 unspecified atom stereocenters. The second kappa shape index (κ2) is 7.39. The summed E-state index contributed by atoms with van der Waals surface area (Å²) in [5.41, 5.74) is 0. The standard InChI is InChI=1S/C15H23NO2/c17-12-10-16(14-6-4-5-7-14)11-13-18-15-8-2-1-3-9-15/h1-3,8-9,14,17H,4-7,10-13H2. The molecule has 0 saturated heterocycles. The van der Waals surface area contributed by atoms with E-state index in [2.05, 4.69) is 4.90 Å². The number of aliphatic hydroxyl groups excluding tert-OH is 1. The van der Waals surface area contributed by atoms with Gasteiger partial charge in [-0.1, -0.05) is 31.0 Å². The van der Waals surface area contributed by atoms with Crippen LogP contribution < -0.4 is 4.74 Å². The van der Waals surface area contributed by atoms with Crippen molar-refractivity contribution < 1.29 is 9.84 Å². The summed E-state index contributed by atoms with van der Waals surface area (Å²) in [6, 6.07) is 10.6. The molecule has 0 amide bonds. The number of ether oxygens (including phenoxy) is 1. The lowest BCUT2D eigenvalue weighted by Gasteiger charge is -2.27. The van der Waals surface area contributed by atoms with Crippen LogP contribution in [0.2, 0.25) is 0 Å². The maximum Gasteiger partial charge on any atom is 0.119 e. The number of benzene rings is 1. The molecular weight excluding hydrogens is 226 g/mol. The van der Waals surface area contributed by atoms with E-state index in [0.29, 0.717) is 12.6 Å². The van der Waals surface area contributed by atoms with Gasteiger partial charge in [-0.15, -0.1) is 0 Å². The Balaban J connectivity index is 1.75. The van der Waals surface area contributed by atoms with Crippen LogP contribution in [0.1, 0.15) is 25.7 Å². The van der Waals surface area contributed by atoms with Gasteiger partial charge in [0.25, 0.3) is 0 Å². The Labute approximate surface area is 109 Å². The second-order valence-electron chi connectivity index (χ2n) is 4.86. The molecule has 1 fully saturated rings. The summed E-state index contributed by atoms with van der Waals surface area (Å²) in [5.74, 6) is 0.924. The van der Waals surface area contributed by atoms with Crippen LogP contribution in [0.4, 0.5) is 0 Å². The van der Waals surface area contributed by atoms with Crippen LogP contribution >= 0.6 is 0 Å². The molecule has 0 spiro atoms. The van der Waals surface area contributed by atoms with E-state index in [1.807, 2.05) is 30.3 Å². The third-order valence-corrected chi connectivity index (χ3v) is 3.62. The molecule has 0 radical (unpaired) electrons. The molecule has 2 rings (SSSR count). The third-order valence-electron chi connectivity index (χ3n) is 3.62. The van der Waals surface area contributed by atoms with Crippen LogP contribution in [-0.4, -0.2) is 42.4 Å². The van der Waals surface area contributed by atoms with Crippen molar-refractivity contribution in [2.75, 3.05) is 26.3 Å². The second-order valence-corrected chi connectivity index (χ2v) is 4.86. The number of hydrogen-bond acceptors (Lipinski definition) is 3. The van der Waals surface area contributed by atoms with Gasteiger partial charge in [0.15, 0.2) is 0 Å². The predicted octanol–water partition coefficient (Wildman–Crippen LogP) is 2.30. The van der Waals surface area contributed by atoms with Crippen LogP contribution in [0.5, 0.6) is 5.75 Å². The van der Waals surface area contributed by atoms with Crippen molar-refractivity contribution in [3.8, 4) is 5.75 Å². The molecule has 3 heteroatoms. The van der Waals surface area contributed by atoms with Crippen LogP contribution in [-0.2, 0) is 0 Å². The number of rotatable bonds is 7. The first-order valence-electron chi connectivity index (χ1n) is 6.93. The fourth-order valence-corrected chi connectivity index (χ4v) is 2.67. The molecule has 1 aliphatic rings. The zero-order valence-electron chi connectivity index (χ0n) is 10.9. The fraction of sp³-hybridized carbons (Fsp3) is 0.600. The Morgan fingerprint density at radius 2 is 1.83 bits per heavy atom. The molecule has 0 atom stereocenters. The van der Waals surface area contributed by atoms with Crippen LogP contribution in [0.15, 0.2) is 30.3 Å². The Bertz CT molecular complexity index is 323. The van der Waals surface area contributed by atoms with E-state index in [0.717, 1.165) is 18.8 Å². The molecule has 0 aromatic heterocycles. The minimum atomic E-state index is 0.238. The smallest absolute Gasteiger partial charge is 0.119 e. The molecule has 0 heterocycles. The monoisotopic (exact) mass is 249 g/mol. The van der Waals surface area contributed by atoms with E-state index < -0.39 is 0 Å². The lowest BCUT2D eigenvalue weighted by Crippen LogP contribution is -2.38. The summed E-state index contributed by atoms with van der Waals surface area (Å²) in [7, 11) is 0. The number of aliphatic hydroxyl groups is 1. The minimum Gasteiger partial charge on any atom is -0.492 e. The molecule has 1 aromatic carbocycles. The highest BCUT2D eigenvalue weighted by molar-refractivity contribution is 5.20. The molecule has 18 heavy (non-hydrogen) atoms. The summed E-state index contributed by atoms with van der Waals surface area (Å²) in [6.45, 7) is 2.60. The van der Waals surface area contributed by atoms with Gasteiger partial charge in [-0.2, -0.15) is 0 Å². The summed E-state index contributed by atoms with van der Waals surface area (Å²) in [4.78, 5) is 2.37. The van der Waals surface area contributed by atoms with Gasteiger partial charge in [0.05, 0.1) is 6.61 Å². The Morgan fingerprint density at radius 3 is 2.50 bits per heavy atom. The summed E-state index contributed by atoms with van der Waals surface area (Å²) < 4.78 is 5.72. The van der Waals surface area contributed by atoms with E-state index in [1.54, 1.807) is 0 Å².